The van der Waals surface area contributed by atoms with Crippen LogP contribution in [0.1, 0.15) is 25.7 Å². The quantitative estimate of drug-likeness (QED) is 0.805. The highest BCUT2D eigenvalue weighted by Gasteiger charge is 2.17. The lowest BCUT2D eigenvalue weighted by Crippen LogP contribution is -2.24. The summed E-state index contributed by atoms with van der Waals surface area (Å²) in [7, 11) is 1.93. The first-order valence-corrected chi connectivity index (χ1v) is 7.33. The number of rotatable bonds is 4. The third kappa shape index (κ3) is 2.47. The molecule has 114 valence electrons. The lowest BCUT2D eigenvalue weighted by molar-refractivity contribution is -0.118. The molecule has 0 bridgehead atoms. The van der Waals surface area contributed by atoms with Crippen molar-refractivity contribution in [3.63, 3.8) is 0 Å². The zero-order chi connectivity index (χ0) is 15.7. The van der Waals surface area contributed by atoms with Crippen LogP contribution in [-0.2, 0) is 18.3 Å². The second-order valence-corrected chi connectivity index (χ2v) is 5.33. The number of carbonyl (C=O) groups is 1. The van der Waals surface area contributed by atoms with Crippen LogP contribution in [0, 0.1) is 0 Å². The van der Waals surface area contributed by atoms with E-state index in [1.54, 1.807) is 12.5 Å². The Hall–Kier alpha value is -2.63. The van der Waals surface area contributed by atoms with Gasteiger partial charge in [-0.3, -0.25) is 4.79 Å². The van der Waals surface area contributed by atoms with Gasteiger partial charge in [0, 0.05) is 31.5 Å². The Morgan fingerprint density at radius 2 is 2.18 bits per heavy atom. The first-order chi connectivity index (χ1) is 10.6. The van der Waals surface area contributed by atoms with Crippen LogP contribution >= 0.6 is 0 Å². The standard InChI is InChI=1S/C16H19N5O/c1-4-15-17-7-8-21(15)11(2)16(22)19-12-5-6-13-14(9-12)20(3)10-18-13/h5-11H,4H2,1-3H3,(H,19,22)/t11-/m0/s1. The van der Waals surface area contributed by atoms with Gasteiger partial charge in [-0.25, -0.2) is 9.97 Å². The van der Waals surface area contributed by atoms with Crippen molar-refractivity contribution < 1.29 is 4.79 Å². The number of hydrogen-bond donors (Lipinski definition) is 1. The molecule has 0 unspecified atom stereocenters. The number of benzene rings is 1. The third-order valence-electron chi connectivity index (χ3n) is 3.85. The van der Waals surface area contributed by atoms with Crippen molar-refractivity contribution in [3.8, 4) is 0 Å². The fraction of sp³-hybridized carbons (Fsp3) is 0.312. The van der Waals surface area contributed by atoms with Crippen LogP contribution in [0.3, 0.4) is 0 Å². The van der Waals surface area contributed by atoms with Crippen LogP contribution in [0.25, 0.3) is 11.0 Å². The van der Waals surface area contributed by atoms with Crippen molar-refractivity contribution in [3.05, 3.63) is 42.7 Å². The van der Waals surface area contributed by atoms with Gasteiger partial charge in [0.25, 0.3) is 0 Å². The van der Waals surface area contributed by atoms with Gasteiger partial charge in [0.05, 0.1) is 17.4 Å². The van der Waals surface area contributed by atoms with Crippen LogP contribution in [-0.4, -0.2) is 25.0 Å². The molecule has 0 radical (unpaired) electrons. The first-order valence-electron chi connectivity index (χ1n) is 7.33. The van der Waals surface area contributed by atoms with E-state index in [4.69, 9.17) is 0 Å². The van der Waals surface area contributed by atoms with Crippen LogP contribution in [0.15, 0.2) is 36.9 Å². The van der Waals surface area contributed by atoms with Crippen LogP contribution in [0.4, 0.5) is 5.69 Å². The van der Waals surface area contributed by atoms with E-state index in [0.29, 0.717) is 0 Å². The molecule has 0 saturated heterocycles. The molecule has 0 aliphatic rings. The molecule has 0 spiro atoms. The summed E-state index contributed by atoms with van der Waals surface area (Å²) in [5, 5.41) is 2.96. The van der Waals surface area contributed by atoms with E-state index in [2.05, 4.69) is 15.3 Å². The van der Waals surface area contributed by atoms with Crippen molar-refractivity contribution >= 4 is 22.6 Å². The fourth-order valence-corrected chi connectivity index (χ4v) is 2.55. The number of anilines is 1. The summed E-state index contributed by atoms with van der Waals surface area (Å²) in [4.78, 5) is 21.0. The van der Waals surface area contributed by atoms with Crippen LogP contribution in [0.2, 0.25) is 0 Å². The highest BCUT2D eigenvalue weighted by molar-refractivity contribution is 5.95. The van der Waals surface area contributed by atoms with Gasteiger partial charge in [0.1, 0.15) is 11.9 Å². The molecule has 0 fully saturated rings. The van der Waals surface area contributed by atoms with E-state index in [1.165, 1.54) is 0 Å². The van der Waals surface area contributed by atoms with E-state index in [0.717, 1.165) is 29.0 Å². The monoisotopic (exact) mass is 297 g/mol. The van der Waals surface area contributed by atoms with E-state index in [-0.39, 0.29) is 11.9 Å². The van der Waals surface area contributed by atoms with Crippen molar-refractivity contribution in [2.24, 2.45) is 7.05 Å². The summed E-state index contributed by atoms with van der Waals surface area (Å²) in [5.74, 6) is 0.846. The number of amides is 1. The minimum atomic E-state index is -0.306. The Bertz CT molecular complexity index is 817. The normalized spacial score (nSPS) is 12.5. The molecule has 6 nitrogen and oxygen atoms in total. The zero-order valence-corrected chi connectivity index (χ0v) is 12.9. The molecule has 22 heavy (non-hydrogen) atoms. The minimum absolute atomic E-state index is 0.0609. The maximum atomic E-state index is 12.5. The van der Waals surface area contributed by atoms with Gasteiger partial charge in [-0.05, 0) is 25.1 Å². The minimum Gasteiger partial charge on any atom is -0.334 e. The van der Waals surface area contributed by atoms with Gasteiger partial charge >= 0.3 is 0 Å². The molecular weight excluding hydrogens is 278 g/mol. The number of imidazole rings is 2. The van der Waals surface area contributed by atoms with Gasteiger partial charge < -0.3 is 14.5 Å². The first kappa shape index (κ1) is 14.3. The smallest absolute Gasteiger partial charge is 0.247 e. The topological polar surface area (TPSA) is 64.7 Å². The molecular formula is C16H19N5O. The Morgan fingerprint density at radius 1 is 1.36 bits per heavy atom. The molecule has 3 rings (SSSR count). The molecule has 1 N–H and O–H groups in total. The third-order valence-corrected chi connectivity index (χ3v) is 3.85. The summed E-state index contributed by atoms with van der Waals surface area (Å²) in [6.45, 7) is 3.90. The van der Waals surface area contributed by atoms with E-state index in [9.17, 15) is 4.79 Å². The van der Waals surface area contributed by atoms with E-state index in [1.807, 2.05) is 54.4 Å². The lowest BCUT2D eigenvalue weighted by Gasteiger charge is -2.16. The summed E-state index contributed by atoms with van der Waals surface area (Å²) in [6, 6.07) is 5.40. The van der Waals surface area contributed by atoms with Gasteiger partial charge in [0.2, 0.25) is 5.91 Å². The summed E-state index contributed by atoms with van der Waals surface area (Å²) < 4.78 is 3.83. The lowest BCUT2D eigenvalue weighted by atomic mass is 10.2. The zero-order valence-electron chi connectivity index (χ0n) is 12.9. The number of nitrogens with one attached hydrogen (secondary N) is 1. The average Bonchev–Trinajstić information content (AvgIpc) is 3.13. The molecule has 1 amide bonds. The molecule has 0 aliphatic carbocycles. The van der Waals surface area contributed by atoms with E-state index < -0.39 is 0 Å². The van der Waals surface area contributed by atoms with Crippen LogP contribution in [0.5, 0.6) is 0 Å². The number of carbonyl (C=O) groups excluding carboxylic acids is 1. The Morgan fingerprint density at radius 3 is 2.95 bits per heavy atom. The molecule has 2 aromatic heterocycles. The Labute approximate surface area is 128 Å². The SMILES string of the molecule is CCc1nccn1[C@@H](C)C(=O)Nc1ccc2ncn(C)c2c1. The summed E-state index contributed by atoms with van der Waals surface area (Å²) in [6.07, 6.45) is 6.13. The van der Waals surface area contributed by atoms with Gasteiger partial charge in [-0.1, -0.05) is 6.92 Å². The van der Waals surface area contributed by atoms with Crippen molar-refractivity contribution in [2.45, 2.75) is 26.3 Å². The maximum absolute atomic E-state index is 12.5. The highest BCUT2D eigenvalue weighted by atomic mass is 16.2. The van der Waals surface area contributed by atoms with Gasteiger partial charge in [-0.2, -0.15) is 0 Å². The molecule has 2 heterocycles. The number of fused-ring (bicyclic) bond motifs is 1. The molecule has 1 aromatic carbocycles. The predicted molar refractivity (Wildman–Crippen MR) is 85.7 cm³/mol. The van der Waals surface area contributed by atoms with Crippen molar-refractivity contribution in [2.75, 3.05) is 5.32 Å². The van der Waals surface area contributed by atoms with Gasteiger partial charge in [-0.15, -0.1) is 0 Å². The van der Waals surface area contributed by atoms with E-state index >= 15 is 0 Å². The molecule has 1 atom stereocenters. The number of hydrogen-bond acceptors (Lipinski definition) is 3. The highest BCUT2D eigenvalue weighted by Crippen LogP contribution is 2.19. The Balaban J connectivity index is 1.81. The average molecular weight is 297 g/mol. The van der Waals surface area contributed by atoms with Gasteiger partial charge in [0.15, 0.2) is 0 Å². The predicted octanol–water partition coefficient (Wildman–Crippen LogP) is 2.53. The van der Waals surface area contributed by atoms with Crippen LogP contribution < -0.4 is 5.32 Å². The van der Waals surface area contributed by atoms with Crippen molar-refractivity contribution in [1.82, 2.24) is 19.1 Å². The molecule has 3 aromatic rings. The maximum Gasteiger partial charge on any atom is 0.247 e. The second-order valence-electron chi connectivity index (χ2n) is 5.33. The number of aryl methyl sites for hydroxylation is 2. The summed E-state index contributed by atoms with van der Waals surface area (Å²) in [5.41, 5.74) is 2.67. The molecule has 6 heteroatoms. The van der Waals surface area contributed by atoms with Crippen molar-refractivity contribution in [1.29, 1.82) is 0 Å². The molecule has 0 aliphatic heterocycles. The number of nitrogens with zero attached hydrogens (tertiary/aromatic N) is 4. The Kier molecular flexibility index (Phi) is 3.66. The summed E-state index contributed by atoms with van der Waals surface area (Å²) >= 11 is 0. The second kappa shape index (κ2) is 5.63. The number of aromatic nitrogens is 4. The molecule has 0 saturated carbocycles. The fourth-order valence-electron chi connectivity index (χ4n) is 2.55. The largest absolute Gasteiger partial charge is 0.334 e.